The topological polar surface area (TPSA) is 73.2 Å². The summed E-state index contributed by atoms with van der Waals surface area (Å²) in [6.45, 7) is 5.13. The Kier molecular flexibility index (Phi) is 7.34. The van der Waals surface area contributed by atoms with Gasteiger partial charge in [0.25, 0.3) is 5.56 Å². The lowest BCUT2D eigenvalue weighted by Crippen LogP contribution is -2.27. The molecule has 0 saturated heterocycles. The van der Waals surface area contributed by atoms with Gasteiger partial charge in [-0.1, -0.05) is 35.5 Å². The van der Waals surface area contributed by atoms with E-state index >= 15 is 0 Å². The van der Waals surface area contributed by atoms with Crippen molar-refractivity contribution in [2.24, 2.45) is 0 Å². The molecular formula is C20H22ClN3O3S2. The predicted molar refractivity (Wildman–Crippen MR) is 119 cm³/mol. The third-order valence-corrected chi connectivity index (χ3v) is 6.84. The zero-order valence-corrected chi connectivity index (χ0v) is 18.8. The average Bonchev–Trinajstić information content (AvgIpc) is 2.99. The smallest absolute Gasteiger partial charge is 0.263 e. The van der Waals surface area contributed by atoms with Gasteiger partial charge in [0, 0.05) is 23.6 Å². The quantitative estimate of drug-likeness (QED) is 0.416. The van der Waals surface area contributed by atoms with Crippen LogP contribution < -0.4 is 10.9 Å². The average molecular weight is 452 g/mol. The summed E-state index contributed by atoms with van der Waals surface area (Å²) in [4.78, 5) is 31.8. The molecule has 0 spiro atoms. The minimum Gasteiger partial charge on any atom is -0.383 e. The highest BCUT2D eigenvalue weighted by molar-refractivity contribution is 7.99. The summed E-state index contributed by atoms with van der Waals surface area (Å²) in [6, 6.07) is 7.32. The van der Waals surface area contributed by atoms with E-state index in [1.807, 2.05) is 26.0 Å². The number of benzene rings is 1. The van der Waals surface area contributed by atoms with Crippen LogP contribution in [0.5, 0.6) is 0 Å². The number of thiophene rings is 1. The van der Waals surface area contributed by atoms with Gasteiger partial charge in [-0.05, 0) is 37.1 Å². The number of nitrogens with one attached hydrogen (secondary N) is 1. The molecule has 3 rings (SSSR count). The molecule has 1 amide bonds. The third-order valence-electron chi connectivity index (χ3n) is 4.51. The van der Waals surface area contributed by atoms with Crippen molar-refractivity contribution in [1.29, 1.82) is 0 Å². The lowest BCUT2D eigenvalue weighted by atomic mass is 10.2. The van der Waals surface area contributed by atoms with Crippen LogP contribution in [0.15, 0.2) is 34.2 Å². The maximum atomic E-state index is 13.0. The van der Waals surface area contributed by atoms with Crippen LogP contribution in [0.25, 0.3) is 10.2 Å². The molecule has 0 aliphatic rings. The molecule has 2 aromatic heterocycles. The third kappa shape index (κ3) is 5.19. The normalized spacial score (nSPS) is 11.2. The molecule has 0 fully saturated rings. The second-order valence-electron chi connectivity index (χ2n) is 6.50. The number of rotatable bonds is 8. The fraction of sp³-hybridized carbons (Fsp3) is 0.350. The summed E-state index contributed by atoms with van der Waals surface area (Å²) in [7, 11) is 1.59. The molecule has 0 aliphatic heterocycles. The monoisotopic (exact) mass is 451 g/mol. The molecule has 9 heteroatoms. The zero-order valence-electron chi connectivity index (χ0n) is 16.5. The number of halogens is 1. The lowest BCUT2D eigenvalue weighted by molar-refractivity contribution is -0.118. The number of thioether (sulfide) groups is 1. The van der Waals surface area contributed by atoms with Crippen LogP contribution in [0.3, 0.4) is 0 Å². The van der Waals surface area contributed by atoms with Crippen LogP contribution >= 0.6 is 34.7 Å². The van der Waals surface area contributed by atoms with E-state index in [0.29, 0.717) is 40.1 Å². The largest absolute Gasteiger partial charge is 0.383 e. The Bertz CT molecular complexity index is 1080. The Morgan fingerprint density at radius 3 is 2.72 bits per heavy atom. The van der Waals surface area contributed by atoms with E-state index in [-0.39, 0.29) is 17.2 Å². The van der Waals surface area contributed by atoms with Gasteiger partial charge in [0.2, 0.25) is 5.91 Å². The number of aromatic nitrogens is 2. The highest BCUT2D eigenvalue weighted by Crippen LogP contribution is 2.28. The minimum atomic E-state index is -0.129. The van der Waals surface area contributed by atoms with Gasteiger partial charge in [0.1, 0.15) is 4.83 Å². The SMILES string of the molecule is COCCn1c(SCC(=O)NCc2ccc(Cl)cc2)nc2sc(C)c(C)c2c1=O. The van der Waals surface area contributed by atoms with Crippen molar-refractivity contribution in [3.63, 3.8) is 0 Å². The molecule has 0 bridgehead atoms. The van der Waals surface area contributed by atoms with E-state index in [1.165, 1.54) is 23.1 Å². The molecule has 154 valence electrons. The second-order valence-corrected chi connectivity index (χ2v) is 9.08. The molecule has 1 N–H and O–H groups in total. The second kappa shape index (κ2) is 9.75. The van der Waals surface area contributed by atoms with Gasteiger partial charge < -0.3 is 10.1 Å². The molecule has 0 radical (unpaired) electrons. The molecule has 0 saturated carbocycles. The van der Waals surface area contributed by atoms with Crippen LogP contribution in [-0.2, 0) is 22.6 Å². The van der Waals surface area contributed by atoms with Crippen molar-refractivity contribution >= 4 is 50.8 Å². The summed E-state index contributed by atoms with van der Waals surface area (Å²) >= 11 is 8.63. The molecule has 1 aromatic carbocycles. The maximum Gasteiger partial charge on any atom is 0.263 e. The first-order chi connectivity index (χ1) is 13.9. The van der Waals surface area contributed by atoms with E-state index in [0.717, 1.165) is 16.0 Å². The van der Waals surface area contributed by atoms with Gasteiger partial charge in [0.05, 0.1) is 24.3 Å². The number of methoxy groups -OCH3 is 1. The van der Waals surface area contributed by atoms with Gasteiger partial charge in [-0.2, -0.15) is 0 Å². The van der Waals surface area contributed by atoms with Gasteiger partial charge in [-0.25, -0.2) is 4.98 Å². The van der Waals surface area contributed by atoms with Crippen molar-refractivity contribution in [2.75, 3.05) is 19.5 Å². The highest BCUT2D eigenvalue weighted by Gasteiger charge is 2.17. The maximum absolute atomic E-state index is 13.0. The number of aryl methyl sites for hydroxylation is 2. The summed E-state index contributed by atoms with van der Waals surface area (Å²) in [5.74, 6) is 0.0399. The zero-order chi connectivity index (χ0) is 21.0. The fourth-order valence-corrected chi connectivity index (χ4v) is 4.83. The molecule has 0 aliphatic carbocycles. The first-order valence-electron chi connectivity index (χ1n) is 9.04. The number of carbonyl (C=O) groups excluding carboxylic acids is 1. The molecular weight excluding hydrogens is 430 g/mol. The van der Waals surface area contributed by atoms with Crippen LogP contribution in [-0.4, -0.2) is 34.9 Å². The van der Waals surface area contributed by atoms with Crippen LogP contribution in [0, 0.1) is 13.8 Å². The number of fused-ring (bicyclic) bond motifs is 1. The Labute approximate surface area is 182 Å². The Morgan fingerprint density at radius 2 is 2.03 bits per heavy atom. The highest BCUT2D eigenvalue weighted by atomic mass is 35.5. The van der Waals surface area contributed by atoms with Gasteiger partial charge in [0.15, 0.2) is 5.16 Å². The van der Waals surface area contributed by atoms with Gasteiger partial charge in [-0.15, -0.1) is 11.3 Å². The van der Waals surface area contributed by atoms with Crippen molar-refractivity contribution < 1.29 is 9.53 Å². The van der Waals surface area contributed by atoms with E-state index in [2.05, 4.69) is 10.3 Å². The van der Waals surface area contributed by atoms with Crippen molar-refractivity contribution in [3.05, 3.63) is 55.6 Å². The van der Waals surface area contributed by atoms with Crippen molar-refractivity contribution in [1.82, 2.24) is 14.9 Å². The number of amides is 1. The predicted octanol–water partition coefficient (Wildman–Crippen LogP) is 3.78. The van der Waals surface area contributed by atoms with E-state index in [4.69, 9.17) is 16.3 Å². The van der Waals surface area contributed by atoms with Crippen LogP contribution in [0.2, 0.25) is 5.02 Å². The number of ether oxygens (including phenoxy) is 1. The Balaban J connectivity index is 1.74. The summed E-state index contributed by atoms with van der Waals surface area (Å²) in [6.07, 6.45) is 0. The minimum absolute atomic E-state index is 0.0852. The summed E-state index contributed by atoms with van der Waals surface area (Å²) in [5, 5.41) is 4.72. The van der Waals surface area contributed by atoms with Gasteiger partial charge >= 0.3 is 0 Å². The lowest BCUT2D eigenvalue weighted by Gasteiger charge is -2.12. The van der Waals surface area contributed by atoms with Crippen LogP contribution in [0.1, 0.15) is 16.0 Å². The van der Waals surface area contributed by atoms with E-state index < -0.39 is 0 Å². The number of hydrogen-bond donors (Lipinski definition) is 1. The van der Waals surface area contributed by atoms with Crippen molar-refractivity contribution in [3.8, 4) is 0 Å². The Hall–Kier alpha value is -1.87. The Morgan fingerprint density at radius 1 is 1.31 bits per heavy atom. The summed E-state index contributed by atoms with van der Waals surface area (Å²) < 4.78 is 6.74. The molecule has 29 heavy (non-hydrogen) atoms. The number of hydrogen-bond acceptors (Lipinski definition) is 6. The van der Waals surface area contributed by atoms with Crippen LogP contribution in [0.4, 0.5) is 0 Å². The number of nitrogens with zero attached hydrogens (tertiary/aromatic N) is 2. The van der Waals surface area contributed by atoms with Crippen molar-refractivity contribution in [2.45, 2.75) is 32.1 Å². The standard InChI is InChI=1S/C20H22ClN3O3S2/c1-12-13(2)29-18-17(12)19(26)24(8-9-27-3)20(23-18)28-11-16(25)22-10-14-4-6-15(21)7-5-14/h4-7H,8-11H2,1-3H3,(H,22,25). The number of carbonyl (C=O) groups is 1. The fourth-order valence-electron chi connectivity index (χ4n) is 2.78. The molecule has 0 atom stereocenters. The van der Waals surface area contributed by atoms with Gasteiger partial charge in [-0.3, -0.25) is 14.2 Å². The summed E-state index contributed by atoms with van der Waals surface area (Å²) in [5.41, 5.74) is 1.85. The molecule has 3 aromatic rings. The van der Waals surface area contributed by atoms with E-state index in [9.17, 15) is 9.59 Å². The van der Waals surface area contributed by atoms with E-state index in [1.54, 1.807) is 23.8 Å². The first kappa shape index (κ1) is 21.8. The first-order valence-corrected chi connectivity index (χ1v) is 11.2. The molecule has 0 unspecified atom stereocenters. The molecule has 6 nitrogen and oxygen atoms in total. The molecule has 2 heterocycles.